The molecule has 8 heteroatoms. The molecule has 35 heavy (non-hydrogen) atoms. The summed E-state index contributed by atoms with van der Waals surface area (Å²) in [7, 11) is 0. The van der Waals surface area contributed by atoms with E-state index in [4.69, 9.17) is 14.8 Å². The molecule has 174 valence electrons. The number of aromatic nitrogens is 4. The van der Waals surface area contributed by atoms with E-state index in [1.165, 1.54) is 0 Å². The summed E-state index contributed by atoms with van der Waals surface area (Å²) in [5.74, 6) is 0.476. The van der Waals surface area contributed by atoms with Crippen LogP contribution in [0.1, 0.15) is 11.4 Å². The number of hydrogen-bond donors (Lipinski definition) is 1. The smallest absolute Gasteiger partial charge is 0.257 e. The van der Waals surface area contributed by atoms with Crippen molar-refractivity contribution in [3.63, 3.8) is 0 Å². The predicted molar refractivity (Wildman–Crippen MR) is 138 cm³/mol. The standard InChI is InChI=1S/C27H23N5O2S/c33-27(31-12-14-34-15-13-31)21(26-28-22-9-4-5-10-23(22)29-26)17-19-18-32(20-7-2-1-3-8-20)30-25(19)24-11-6-16-35-24/h1-11,16-18H,12-15H2,(H,28,29)/b21-17+. The van der Waals surface area contributed by atoms with Gasteiger partial charge in [-0.3, -0.25) is 4.79 Å². The molecular weight excluding hydrogens is 458 g/mol. The Morgan fingerprint density at radius 1 is 1.00 bits per heavy atom. The van der Waals surface area contributed by atoms with Crippen LogP contribution in [-0.4, -0.2) is 56.9 Å². The molecule has 0 radical (unpaired) electrons. The van der Waals surface area contributed by atoms with Crippen LogP contribution in [0.15, 0.2) is 78.3 Å². The number of ether oxygens (including phenoxy) is 1. The average molecular weight is 482 g/mol. The highest BCUT2D eigenvalue weighted by molar-refractivity contribution is 7.13. The molecule has 0 saturated carbocycles. The zero-order valence-electron chi connectivity index (χ0n) is 18.9. The largest absolute Gasteiger partial charge is 0.378 e. The third kappa shape index (κ3) is 4.29. The Morgan fingerprint density at radius 2 is 1.80 bits per heavy atom. The second kappa shape index (κ2) is 9.32. The number of para-hydroxylation sites is 3. The van der Waals surface area contributed by atoms with Crippen molar-refractivity contribution < 1.29 is 9.53 Å². The topological polar surface area (TPSA) is 76.0 Å². The monoisotopic (exact) mass is 481 g/mol. The molecule has 0 spiro atoms. The van der Waals surface area contributed by atoms with Crippen molar-refractivity contribution in [3.8, 4) is 16.3 Å². The van der Waals surface area contributed by atoms with Crippen LogP contribution in [0.3, 0.4) is 0 Å². The first-order valence-electron chi connectivity index (χ1n) is 11.5. The molecule has 1 N–H and O–H groups in total. The maximum Gasteiger partial charge on any atom is 0.257 e. The van der Waals surface area contributed by atoms with Gasteiger partial charge in [0, 0.05) is 24.8 Å². The summed E-state index contributed by atoms with van der Waals surface area (Å²) in [5, 5.41) is 6.92. The van der Waals surface area contributed by atoms with Crippen LogP contribution in [0.4, 0.5) is 0 Å². The van der Waals surface area contributed by atoms with Gasteiger partial charge < -0.3 is 14.6 Å². The van der Waals surface area contributed by atoms with E-state index in [1.54, 1.807) is 11.3 Å². The van der Waals surface area contributed by atoms with Gasteiger partial charge in [-0.2, -0.15) is 5.10 Å². The molecule has 7 nitrogen and oxygen atoms in total. The van der Waals surface area contributed by atoms with Crippen molar-refractivity contribution in [3.05, 3.63) is 89.7 Å². The molecule has 1 amide bonds. The summed E-state index contributed by atoms with van der Waals surface area (Å²) in [6.45, 7) is 2.17. The minimum absolute atomic E-state index is 0.0723. The Hall–Kier alpha value is -4.01. The maximum atomic E-state index is 13.8. The van der Waals surface area contributed by atoms with Gasteiger partial charge >= 0.3 is 0 Å². The highest BCUT2D eigenvalue weighted by atomic mass is 32.1. The molecule has 1 aliphatic heterocycles. The molecule has 0 unspecified atom stereocenters. The fraction of sp³-hybridized carbons (Fsp3) is 0.148. The number of H-pyrrole nitrogens is 1. The first-order chi connectivity index (χ1) is 17.3. The van der Waals surface area contributed by atoms with E-state index in [1.807, 2.05) is 94.0 Å². The van der Waals surface area contributed by atoms with E-state index in [9.17, 15) is 4.79 Å². The summed E-state index contributed by atoms with van der Waals surface area (Å²) >= 11 is 1.62. The molecule has 2 aromatic carbocycles. The fourth-order valence-electron chi connectivity index (χ4n) is 4.21. The van der Waals surface area contributed by atoms with E-state index < -0.39 is 0 Å². The summed E-state index contributed by atoms with van der Waals surface area (Å²) in [6, 6.07) is 21.8. The summed E-state index contributed by atoms with van der Waals surface area (Å²) < 4.78 is 7.33. The van der Waals surface area contributed by atoms with E-state index in [2.05, 4.69) is 4.98 Å². The van der Waals surface area contributed by atoms with Crippen LogP contribution in [0.5, 0.6) is 0 Å². The number of carbonyl (C=O) groups is 1. The number of nitrogens with zero attached hydrogens (tertiary/aromatic N) is 4. The highest BCUT2D eigenvalue weighted by Crippen LogP contribution is 2.31. The first-order valence-corrected chi connectivity index (χ1v) is 12.4. The van der Waals surface area contributed by atoms with Gasteiger partial charge in [-0.25, -0.2) is 9.67 Å². The molecular formula is C27H23N5O2S. The maximum absolute atomic E-state index is 13.8. The second-order valence-electron chi connectivity index (χ2n) is 8.26. The highest BCUT2D eigenvalue weighted by Gasteiger charge is 2.25. The number of carbonyl (C=O) groups excluding carboxylic acids is 1. The van der Waals surface area contributed by atoms with Gasteiger partial charge in [-0.15, -0.1) is 11.3 Å². The van der Waals surface area contributed by atoms with E-state index in [0.717, 1.165) is 32.9 Å². The number of amides is 1. The third-order valence-electron chi connectivity index (χ3n) is 5.99. The lowest BCUT2D eigenvalue weighted by atomic mass is 10.1. The summed E-state index contributed by atoms with van der Waals surface area (Å²) in [4.78, 5) is 24.7. The molecule has 0 aliphatic carbocycles. The predicted octanol–water partition coefficient (Wildman–Crippen LogP) is 4.88. The van der Waals surface area contributed by atoms with Crippen molar-refractivity contribution in [1.29, 1.82) is 0 Å². The van der Waals surface area contributed by atoms with Crippen molar-refractivity contribution in [2.45, 2.75) is 0 Å². The zero-order valence-corrected chi connectivity index (χ0v) is 19.7. The van der Waals surface area contributed by atoms with Gasteiger partial charge in [-0.05, 0) is 41.8 Å². The normalized spacial score (nSPS) is 14.5. The molecule has 5 aromatic rings. The van der Waals surface area contributed by atoms with Gasteiger partial charge in [0.1, 0.15) is 11.5 Å². The van der Waals surface area contributed by atoms with Crippen molar-refractivity contribution in [1.82, 2.24) is 24.6 Å². The molecule has 1 saturated heterocycles. The van der Waals surface area contributed by atoms with Crippen LogP contribution in [-0.2, 0) is 9.53 Å². The fourth-order valence-corrected chi connectivity index (χ4v) is 4.95. The minimum atomic E-state index is -0.0723. The van der Waals surface area contributed by atoms with Crippen LogP contribution < -0.4 is 0 Å². The van der Waals surface area contributed by atoms with Crippen molar-refractivity contribution in [2.24, 2.45) is 0 Å². The number of imidazole rings is 1. The summed E-state index contributed by atoms with van der Waals surface area (Å²) in [5.41, 5.74) is 4.85. The number of hydrogen-bond acceptors (Lipinski definition) is 5. The van der Waals surface area contributed by atoms with Gasteiger partial charge in [0.15, 0.2) is 0 Å². The molecule has 1 aliphatic rings. The lowest BCUT2D eigenvalue weighted by Crippen LogP contribution is -2.41. The average Bonchev–Trinajstić information content (AvgIpc) is 3.67. The number of rotatable bonds is 5. The summed E-state index contributed by atoms with van der Waals surface area (Å²) in [6.07, 6.45) is 3.89. The number of thiophene rings is 1. The van der Waals surface area contributed by atoms with Crippen LogP contribution in [0.25, 0.3) is 38.9 Å². The molecule has 0 atom stereocenters. The van der Waals surface area contributed by atoms with Crippen molar-refractivity contribution in [2.75, 3.05) is 26.3 Å². The van der Waals surface area contributed by atoms with E-state index in [-0.39, 0.29) is 5.91 Å². The Balaban J connectivity index is 1.51. The molecule has 1 fully saturated rings. The number of benzene rings is 2. The Labute approximate surface area is 206 Å². The number of nitrogens with one attached hydrogen (secondary N) is 1. The molecule has 6 rings (SSSR count). The van der Waals surface area contributed by atoms with Gasteiger partial charge in [0.2, 0.25) is 0 Å². The molecule has 3 aromatic heterocycles. The van der Waals surface area contributed by atoms with Gasteiger partial charge in [0.05, 0.1) is 40.4 Å². The number of morpholine rings is 1. The Morgan fingerprint density at radius 3 is 2.57 bits per heavy atom. The molecule has 4 heterocycles. The van der Waals surface area contributed by atoms with E-state index >= 15 is 0 Å². The van der Waals surface area contributed by atoms with Gasteiger partial charge in [-0.1, -0.05) is 36.4 Å². The van der Waals surface area contributed by atoms with Crippen molar-refractivity contribution >= 4 is 39.9 Å². The van der Waals surface area contributed by atoms with Crippen LogP contribution in [0, 0.1) is 0 Å². The van der Waals surface area contributed by atoms with Crippen LogP contribution in [0.2, 0.25) is 0 Å². The Kier molecular flexibility index (Phi) is 5.73. The Bertz CT molecular complexity index is 1460. The number of aromatic amines is 1. The first kappa shape index (κ1) is 21.5. The van der Waals surface area contributed by atoms with Crippen LogP contribution >= 0.6 is 11.3 Å². The number of fused-ring (bicyclic) bond motifs is 1. The zero-order chi connectivity index (χ0) is 23.6. The second-order valence-corrected chi connectivity index (χ2v) is 9.20. The lowest BCUT2D eigenvalue weighted by molar-refractivity contribution is -0.128. The van der Waals surface area contributed by atoms with E-state index in [0.29, 0.717) is 37.7 Å². The van der Waals surface area contributed by atoms with Gasteiger partial charge in [0.25, 0.3) is 5.91 Å². The molecule has 0 bridgehead atoms. The SMILES string of the molecule is O=C(/C(=C/c1cn(-c2ccccc2)nc1-c1cccs1)c1nc2ccccc2[nH]1)N1CCOCC1. The quantitative estimate of drug-likeness (QED) is 0.363. The lowest BCUT2D eigenvalue weighted by Gasteiger charge is -2.27. The third-order valence-corrected chi connectivity index (χ3v) is 6.87. The minimum Gasteiger partial charge on any atom is -0.378 e.